The lowest BCUT2D eigenvalue weighted by molar-refractivity contribution is -0.384. The van der Waals surface area contributed by atoms with Crippen molar-refractivity contribution in [2.75, 3.05) is 0 Å². The summed E-state index contributed by atoms with van der Waals surface area (Å²) in [5.41, 5.74) is 2.67. The molecule has 0 atom stereocenters. The van der Waals surface area contributed by atoms with Crippen LogP contribution < -0.4 is 5.32 Å². The van der Waals surface area contributed by atoms with Crippen LogP contribution in [0, 0.1) is 24.0 Å². The predicted octanol–water partition coefficient (Wildman–Crippen LogP) is 3.14. The number of nitro benzene ring substituents is 1. The molecule has 1 aromatic heterocycles. The average molecular weight is 296 g/mol. The molecule has 0 unspecified atom stereocenters. The molecular formula is C13H14ClN3O3. The minimum atomic E-state index is -0.465. The van der Waals surface area contributed by atoms with Crippen LogP contribution >= 0.6 is 11.6 Å². The zero-order valence-electron chi connectivity index (χ0n) is 11.1. The zero-order valence-corrected chi connectivity index (χ0v) is 11.9. The molecule has 106 valence electrons. The Balaban J connectivity index is 2.00. The van der Waals surface area contributed by atoms with E-state index in [1.165, 1.54) is 12.1 Å². The van der Waals surface area contributed by atoms with E-state index in [0.29, 0.717) is 18.1 Å². The van der Waals surface area contributed by atoms with Crippen LogP contribution in [0.2, 0.25) is 5.02 Å². The van der Waals surface area contributed by atoms with E-state index < -0.39 is 4.92 Å². The third-order valence-corrected chi connectivity index (χ3v) is 3.40. The fourth-order valence-corrected chi connectivity index (χ4v) is 2.11. The van der Waals surface area contributed by atoms with Crippen LogP contribution in [0.25, 0.3) is 0 Å². The van der Waals surface area contributed by atoms with Crippen molar-refractivity contribution in [3.63, 3.8) is 0 Å². The van der Waals surface area contributed by atoms with Gasteiger partial charge in [-0.15, -0.1) is 0 Å². The largest absolute Gasteiger partial charge is 0.361 e. The Morgan fingerprint density at radius 1 is 1.40 bits per heavy atom. The number of hydrogen-bond acceptors (Lipinski definition) is 5. The molecule has 0 saturated carbocycles. The Hall–Kier alpha value is -1.92. The SMILES string of the molecule is Cc1noc(C)c1CNCc1ccc([N+](=O)[O-])cc1Cl. The number of benzene rings is 1. The third-order valence-electron chi connectivity index (χ3n) is 3.05. The van der Waals surface area contributed by atoms with Crippen LogP contribution in [0.1, 0.15) is 22.6 Å². The Morgan fingerprint density at radius 3 is 2.70 bits per heavy atom. The summed E-state index contributed by atoms with van der Waals surface area (Å²) in [4.78, 5) is 10.2. The molecule has 0 saturated heterocycles. The van der Waals surface area contributed by atoms with Gasteiger partial charge in [-0.1, -0.05) is 16.8 Å². The third kappa shape index (κ3) is 3.15. The molecule has 1 N–H and O–H groups in total. The van der Waals surface area contributed by atoms with Gasteiger partial charge in [0.15, 0.2) is 0 Å². The van der Waals surface area contributed by atoms with Gasteiger partial charge in [0, 0.05) is 30.8 Å². The van der Waals surface area contributed by atoms with E-state index >= 15 is 0 Å². The van der Waals surface area contributed by atoms with Gasteiger partial charge in [-0.25, -0.2) is 0 Å². The minimum Gasteiger partial charge on any atom is -0.361 e. The Labute approximate surface area is 120 Å². The molecule has 6 nitrogen and oxygen atoms in total. The molecule has 0 amide bonds. The van der Waals surface area contributed by atoms with Crippen molar-refractivity contribution < 1.29 is 9.45 Å². The standard InChI is InChI=1S/C13H14ClN3O3/c1-8-12(9(2)20-16-8)7-15-6-10-3-4-11(17(18)19)5-13(10)14/h3-5,15H,6-7H2,1-2H3. The Bertz CT molecular complexity index is 620. The van der Waals surface area contributed by atoms with Gasteiger partial charge < -0.3 is 9.84 Å². The Morgan fingerprint density at radius 2 is 2.15 bits per heavy atom. The van der Waals surface area contributed by atoms with Gasteiger partial charge in [0.25, 0.3) is 5.69 Å². The highest BCUT2D eigenvalue weighted by Crippen LogP contribution is 2.22. The summed E-state index contributed by atoms with van der Waals surface area (Å²) in [5.74, 6) is 0.782. The molecule has 0 radical (unpaired) electrons. The fraction of sp³-hybridized carbons (Fsp3) is 0.308. The van der Waals surface area contributed by atoms with E-state index in [0.717, 1.165) is 22.6 Å². The average Bonchev–Trinajstić information content (AvgIpc) is 2.71. The number of nitrogens with zero attached hydrogens (tertiary/aromatic N) is 2. The van der Waals surface area contributed by atoms with Gasteiger partial charge in [-0.3, -0.25) is 10.1 Å². The van der Waals surface area contributed by atoms with E-state index in [-0.39, 0.29) is 5.69 Å². The second-order valence-corrected chi connectivity index (χ2v) is 4.85. The first-order valence-electron chi connectivity index (χ1n) is 6.04. The second kappa shape index (κ2) is 6.02. The number of nitro groups is 1. The highest BCUT2D eigenvalue weighted by molar-refractivity contribution is 6.31. The summed E-state index contributed by atoms with van der Waals surface area (Å²) >= 11 is 6.02. The van der Waals surface area contributed by atoms with E-state index in [4.69, 9.17) is 16.1 Å². The highest BCUT2D eigenvalue weighted by atomic mass is 35.5. The van der Waals surface area contributed by atoms with Gasteiger partial charge in [0.2, 0.25) is 0 Å². The van der Waals surface area contributed by atoms with Crippen LogP contribution in [-0.4, -0.2) is 10.1 Å². The summed E-state index contributed by atoms with van der Waals surface area (Å²) in [6.07, 6.45) is 0. The number of rotatable bonds is 5. The van der Waals surface area contributed by atoms with E-state index in [1.807, 2.05) is 13.8 Å². The lowest BCUT2D eigenvalue weighted by Gasteiger charge is -2.06. The lowest BCUT2D eigenvalue weighted by atomic mass is 10.2. The summed E-state index contributed by atoms with van der Waals surface area (Å²) < 4.78 is 5.07. The molecule has 0 aliphatic carbocycles. The van der Waals surface area contributed by atoms with Crippen molar-refractivity contribution in [3.05, 3.63) is 55.9 Å². The molecule has 0 spiro atoms. The smallest absolute Gasteiger partial charge is 0.270 e. The lowest BCUT2D eigenvalue weighted by Crippen LogP contribution is -2.14. The first kappa shape index (κ1) is 14.5. The molecule has 0 bridgehead atoms. The zero-order chi connectivity index (χ0) is 14.7. The highest BCUT2D eigenvalue weighted by Gasteiger charge is 2.11. The number of aromatic nitrogens is 1. The molecule has 0 aliphatic rings. The molecule has 1 aromatic carbocycles. The Kier molecular flexibility index (Phi) is 4.36. The van der Waals surface area contributed by atoms with Crippen LogP contribution in [0.15, 0.2) is 22.7 Å². The number of halogens is 1. The molecule has 20 heavy (non-hydrogen) atoms. The minimum absolute atomic E-state index is 0.00975. The van der Waals surface area contributed by atoms with Crippen molar-refractivity contribution in [2.45, 2.75) is 26.9 Å². The first-order chi connectivity index (χ1) is 9.49. The van der Waals surface area contributed by atoms with Crippen LogP contribution in [0.4, 0.5) is 5.69 Å². The quantitative estimate of drug-likeness (QED) is 0.677. The number of aryl methyl sites for hydroxylation is 2. The van der Waals surface area contributed by atoms with Gasteiger partial charge in [0.05, 0.1) is 15.6 Å². The molecular weight excluding hydrogens is 282 g/mol. The van der Waals surface area contributed by atoms with Crippen molar-refractivity contribution in [1.29, 1.82) is 0 Å². The molecule has 2 rings (SSSR count). The predicted molar refractivity (Wildman–Crippen MR) is 74.6 cm³/mol. The maximum absolute atomic E-state index is 10.6. The van der Waals surface area contributed by atoms with Crippen molar-refractivity contribution in [3.8, 4) is 0 Å². The van der Waals surface area contributed by atoms with Crippen LogP contribution in [-0.2, 0) is 13.1 Å². The van der Waals surface area contributed by atoms with Crippen molar-refractivity contribution in [2.24, 2.45) is 0 Å². The van der Waals surface area contributed by atoms with Gasteiger partial charge >= 0.3 is 0 Å². The number of nitrogens with one attached hydrogen (secondary N) is 1. The fourth-order valence-electron chi connectivity index (χ4n) is 1.87. The van der Waals surface area contributed by atoms with Gasteiger partial charge in [0.1, 0.15) is 5.76 Å². The molecule has 1 heterocycles. The van der Waals surface area contributed by atoms with Crippen LogP contribution in [0.5, 0.6) is 0 Å². The maximum Gasteiger partial charge on any atom is 0.270 e. The number of non-ortho nitro benzene ring substituents is 1. The van der Waals surface area contributed by atoms with Gasteiger partial charge in [-0.2, -0.15) is 0 Å². The first-order valence-corrected chi connectivity index (χ1v) is 6.42. The van der Waals surface area contributed by atoms with E-state index in [1.54, 1.807) is 6.07 Å². The molecule has 2 aromatic rings. The summed E-state index contributed by atoms with van der Waals surface area (Å²) in [6.45, 7) is 4.86. The summed E-state index contributed by atoms with van der Waals surface area (Å²) in [6, 6.07) is 4.45. The molecule has 0 aliphatic heterocycles. The number of hydrogen-bond donors (Lipinski definition) is 1. The van der Waals surface area contributed by atoms with Crippen molar-refractivity contribution in [1.82, 2.24) is 10.5 Å². The summed E-state index contributed by atoms with van der Waals surface area (Å²) in [5, 5.41) is 18.1. The summed E-state index contributed by atoms with van der Waals surface area (Å²) in [7, 11) is 0. The van der Waals surface area contributed by atoms with E-state index in [9.17, 15) is 10.1 Å². The monoisotopic (exact) mass is 295 g/mol. The van der Waals surface area contributed by atoms with Crippen molar-refractivity contribution >= 4 is 17.3 Å². The van der Waals surface area contributed by atoms with Crippen LogP contribution in [0.3, 0.4) is 0 Å². The topological polar surface area (TPSA) is 81.2 Å². The molecule has 7 heteroatoms. The van der Waals surface area contributed by atoms with Gasteiger partial charge in [-0.05, 0) is 25.5 Å². The maximum atomic E-state index is 10.6. The normalized spacial score (nSPS) is 10.8. The second-order valence-electron chi connectivity index (χ2n) is 4.44. The van der Waals surface area contributed by atoms with E-state index in [2.05, 4.69) is 10.5 Å². The molecule has 0 fully saturated rings.